The van der Waals surface area contributed by atoms with Crippen molar-refractivity contribution in [2.24, 2.45) is 5.73 Å². The zero-order chi connectivity index (χ0) is 14.7. The van der Waals surface area contributed by atoms with E-state index >= 15 is 0 Å². The molecule has 0 amide bonds. The molecule has 2 aromatic rings. The van der Waals surface area contributed by atoms with E-state index in [2.05, 4.69) is 14.9 Å². The second-order valence-electron chi connectivity index (χ2n) is 5.29. The van der Waals surface area contributed by atoms with Crippen LogP contribution in [0.25, 0.3) is 11.3 Å². The lowest BCUT2D eigenvalue weighted by molar-refractivity contribution is 0.415. The third kappa shape index (κ3) is 3.13. The SMILES string of the molecule is COc1ccc(-c2ccnc(N3CCC(N)CC3)n2)cc1. The van der Waals surface area contributed by atoms with E-state index in [1.165, 1.54) is 0 Å². The van der Waals surface area contributed by atoms with E-state index in [1.54, 1.807) is 7.11 Å². The van der Waals surface area contributed by atoms with Crippen molar-refractivity contribution < 1.29 is 4.74 Å². The van der Waals surface area contributed by atoms with Gasteiger partial charge < -0.3 is 15.4 Å². The van der Waals surface area contributed by atoms with Gasteiger partial charge in [-0.1, -0.05) is 0 Å². The molecule has 0 radical (unpaired) electrons. The van der Waals surface area contributed by atoms with Crippen LogP contribution < -0.4 is 15.4 Å². The van der Waals surface area contributed by atoms with Gasteiger partial charge in [0.15, 0.2) is 0 Å². The molecule has 3 rings (SSSR count). The van der Waals surface area contributed by atoms with Crippen LogP contribution >= 0.6 is 0 Å². The van der Waals surface area contributed by atoms with Gasteiger partial charge >= 0.3 is 0 Å². The molecular weight excluding hydrogens is 264 g/mol. The summed E-state index contributed by atoms with van der Waals surface area (Å²) in [7, 11) is 1.67. The number of hydrogen-bond acceptors (Lipinski definition) is 5. The molecule has 1 aromatic heterocycles. The average Bonchev–Trinajstić information content (AvgIpc) is 2.56. The Morgan fingerprint density at radius 3 is 2.52 bits per heavy atom. The fourth-order valence-electron chi connectivity index (χ4n) is 2.52. The van der Waals surface area contributed by atoms with Crippen LogP contribution in [-0.4, -0.2) is 36.2 Å². The summed E-state index contributed by atoms with van der Waals surface area (Å²) in [5.41, 5.74) is 7.94. The number of nitrogens with two attached hydrogens (primary N) is 1. The standard InChI is InChI=1S/C16H20N4O/c1-21-14-4-2-12(3-5-14)15-6-9-18-16(19-15)20-10-7-13(17)8-11-20/h2-6,9,13H,7-8,10-11,17H2,1H3. The van der Waals surface area contributed by atoms with Crippen LogP contribution in [0, 0.1) is 0 Å². The van der Waals surface area contributed by atoms with Crippen LogP contribution in [0.3, 0.4) is 0 Å². The van der Waals surface area contributed by atoms with Crippen LogP contribution in [-0.2, 0) is 0 Å². The highest BCUT2D eigenvalue weighted by Gasteiger charge is 2.18. The summed E-state index contributed by atoms with van der Waals surface area (Å²) in [4.78, 5) is 11.3. The molecule has 110 valence electrons. The Bertz CT molecular complexity index is 591. The van der Waals surface area contributed by atoms with E-state index in [0.29, 0.717) is 6.04 Å². The molecule has 5 nitrogen and oxygen atoms in total. The molecular formula is C16H20N4O. The van der Waals surface area contributed by atoms with Gasteiger partial charge in [-0.2, -0.15) is 0 Å². The first kappa shape index (κ1) is 13.8. The molecule has 0 bridgehead atoms. The van der Waals surface area contributed by atoms with E-state index in [1.807, 2.05) is 36.5 Å². The lowest BCUT2D eigenvalue weighted by atomic mass is 10.1. The molecule has 0 spiro atoms. The topological polar surface area (TPSA) is 64.3 Å². The van der Waals surface area contributed by atoms with E-state index < -0.39 is 0 Å². The number of benzene rings is 1. The minimum atomic E-state index is 0.311. The van der Waals surface area contributed by atoms with Gasteiger partial charge in [0.2, 0.25) is 5.95 Å². The number of nitrogens with zero attached hydrogens (tertiary/aromatic N) is 3. The fraction of sp³-hybridized carbons (Fsp3) is 0.375. The molecule has 5 heteroatoms. The maximum absolute atomic E-state index is 5.94. The highest BCUT2D eigenvalue weighted by atomic mass is 16.5. The second-order valence-corrected chi connectivity index (χ2v) is 5.29. The highest BCUT2D eigenvalue weighted by Crippen LogP contribution is 2.23. The molecule has 0 saturated carbocycles. The van der Waals surface area contributed by atoms with Crippen molar-refractivity contribution >= 4 is 5.95 Å². The van der Waals surface area contributed by atoms with Gasteiger partial charge in [-0.25, -0.2) is 9.97 Å². The predicted molar refractivity (Wildman–Crippen MR) is 83.4 cm³/mol. The number of piperidine rings is 1. The number of rotatable bonds is 3. The Labute approximate surface area is 124 Å². The fourth-order valence-corrected chi connectivity index (χ4v) is 2.52. The highest BCUT2D eigenvalue weighted by molar-refractivity contribution is 5.61. The number of methoxy groups -OCH3 is 1. The Morgan fingerprint density at radius 1 is 1.14 bits per heavy atom. The van der Waals surface area contributed by atoms with Crippen molar-refractivity contribution in [1.29, 1.82) is 0 Å². The van der Waals surface area contributed by atoms with Crippen molar-refractivity contribution in [3.8, 4) is 17.0 Å². The number of aromatic nitrogens is 2. The van der Waals surface area contributed by atoms with Crippen molar-refractivity contribution in [3.05, 3.63) is 36.5 Å². The van der Waals surface area contributed by atoms with Gasteiger partial charge in [-0.3, -0.25) is 0 Å². The predicted octanol–water partition coefficient (Wildman–Crippen LogP) is 2.08. The Hall–Kier alpha value is -2.14. The Balaban J connectivity index is 1.82. The normalized spacial score (nSPS) is 16.0. The first-order chi connectivity index (χ1) is 10.3. The van der Waals surface area contributed by atoms with Gasteiger partial charge in [0.1, 0.15) is 5.75 Å². The maximum atomic E-state index is 5.94. The Morgan fingerprint density at radius 2 is 1.86 bits per heavy atom. The molecule has 1 fully saturated rings. The number of hydrogen-bond donors (Lipinski definition) is 1. The summed E-state index contributed by atoms with van der Waals surface area (Å²) in [6, 6.07) is 10.1. The van der Waals surface area contributed by atoms with Crippen LogP contribution in [0.2, 0.25) is 0 Å². The molecule has 21 heavy (non-hydrogen) atoms. The largest absolute Gasteiger partial charge is 0.497 e. The van der Waals surface area contributed by atoms with Gasteiger partial charge in [0.05, 0.1) is 12.8 Å². The quantitative estimate of drug-likeness (QED) is 0.935. The van der Waals surface area contributed by atoms with Crippen LogP contribution in [0.4, 0.5) is 5.95 Å². The number of ether oxygens (including phenoxy) is 1. The summed E-state index contributed by atoms with van der Waals surface area (Å²) in [5, 5.41) is 0. The maximum Gasteiger partial charge on any atom is 0.225 e. The zero-order valence-corrected chi connectivity index (χ0v) is 12.2. The lowest BCUT2D eigenvalue weighted by Gasteiger charge is -2.30. The monoisotopic (exact) mass is 284 g/mol. The molecule has 0 unspecified atom stereocenters. The number of anilines is 1. The summed E-state index contributed by atoms with van der Waals surface area (Å²) in [6.45, 7) is 1.85. The van der Waals surface area contributed by atoms with E-state index in [9.17, 15) is 0 Å². The van der Waals surface area contributed by atoms with E-state index in [-0.39, 0.29) is 0 Å². The molecule has 1 aliphatic rings. The third-order valence-electron chi connectivity index (χ3n) is 3.85. The third-order valence-corrected chi connectivity index (χ3v) is 3.85. The van der Waals surface area contributed by atoms with E-state index in [4.69, 9.17) is 10.5 Å². The molecule has 0 atom stereocenters. The van der Waals surface area contributed by atoms with Gasteiger partial charge in [0.25, 0.3) is 0 Å². The molecule has 1 aliphatic heterocycles. The molecule has 2 N–H and O–H groups in total. The molecule has 1 aromatic carbocycles. The van der Waals surface area contributed by atoms with Gasteiger partial charge in [0, 0.05) is 30.9 Å². The van der Waals surface area contributed by atoms with Crippen molar-refractivity contribution in [2.45, 2.75) is 18.9 Å². The lowest BCUT2D eigenvalue weighted by Crippen LogP contribution is -2.40. The van der Waals surface area contributed by atoms with Gasteiger partial charge in [-0.05, 0) is 43.2 Å². The van der Waals surface area contributed by atoms with Gasteiger partial charge in [-0.15, -0.1) is 0 Å². The smallest absolute Gasteiger partial charge is 0.225 e. The van der Waals surface area contributed by atoms with Crippen LogP contribution in [0.1, 0.15) is 12.8 Å². The summed E-state index contributed by atoms with van der Waals surface area (Å²) in [5.74, 6) is 1.63. The van der Waals surface area contributed by atoms with Crippen LogP contribution in [0.5, 0.6) is 5.75 Å². The molecule has 2 heterocycles. The molecule has 0 aliphatic carbocycles. The first-order valence-electron chi connectivity index (χ1n) is 7.24. The van der Waals surface area contributed by atoms with Crippen molar-refractivity contribution in [3.63, 3.8) is 0 Å². The summed E-state index contributed by atoms with van der Waals surface area (Å²) >= 11 is 0. The van der Waals surface area contributed by atoms with Crippen LogP contribution in [0.15, 0.2) is 36.5 Å². The Kier molecular flexibility index (Phi) is 4.01. The second kappa shape index (κ2) is 6.10. The minimum Gasteiger partial charge on any atom is -0.497 e. The van der Waals surface area contributed by atoms with Crippen molar-refractivity contribution in [2.75, 3.05) is 25.1 Å². The average molecular weight is 284 g/mol. The van der Waals surface area contributed by atoms with E-state index in [0.717, 1.165) is 48.9 Å². The summed E-state index contributed by atoms with van der Waals surface area (Å²) < 4.78 is 5.18. The zero-order valence-electron chi connectivity index (χ0n) is 12.2. The minimum absolute atomic E-state index is 0.311. The first-order valence-corrected chi connectivity index (χ1v) is 7.24. The summed E-state index contributed by atoms with van der Waals surface area (Å²) in [6.07, 6.45) is 3.81. The van der Waals surface area contributed by atoms with Crippen molar-refractivity contribution in [1.82, 2.24) is 9.97 Å². The molecule has 1 saturated heterocycles.